The molecule has 0 spiro atoms. The summed E-state index contributed by atoms with van der Waals surface area (Å²) in [7, 11) is 0. The van der Waals surface area contributed by atoms with E-state index in [9.17, 15) is 14.4 Å². The van der Waals surface area contributed by atoms with Gasteiger partial charge in [-0.25, -0.2) is 4.79 Å². The fraction of sp³-hybridized carbons (Fsp3) is 0.591. The van der Waals surface area contributed by atoms with Crippen LogP contribution in [0, 0.1) is 0 Å². The molecule has 158 valence electrons. The van der Waals surface area contributed by atoms with Crippen LogP contribution in [-0.4, -0.2) is 52.9 Å². The molecule has 0 aliphatic carbocycles. The standard InChI is InChI=1S/C22H31N3O4/c1-2-3-4-8-11-19(26)14-23-21(27)20-13-12-18-15-24(20)22(28)25(18)29-16-17-9-6-5-7-10-17/h5-7,9-10,18,20H,2-4,8,11-16H2,1H3,(H,23,27)/t18-,20+/m1/s1. The minimum Gasteiger partial charge on any atom is -0.347 e. The van der Waals surface area contributed by atoms with Gasteiger partial charge >= 0.3 is 6.03 Å². The van der Waals surface area contributed by atoms with Crippen molar-refractivity contribution in [3.8, 4) is 0 Å². The molecule has 1 N–H and O–H groups in total. The van der Waals surface area contributed by atoms with Gasteiger partial charge in [0.15, 0.2) is 5.78 Å². The molecular formula is C22H31N3O4. The molecule has 2 heterocycles. The number of amides is 3. The number of Topliss-reactive ketones (excluding diaryl/α,β-unsaturated/α-hetero) is 1. The molecule has 0 aromatic heterocycles. The fourth-order valence-corrected chi connectivity index (χ4v) is 3.93. The second kappa shape index (κ2) is 10.4. The molecule has 3 rings (SSSR count). The summed E-state index contributed by atoms with van der Waals surface area (Å²) in [6.07, 6.45) is 5.95. The number of nitrogens with zero attached hydrogens (tertiary/aromatic N) is 2. The fourth-order valence-electron chi connectivity index (χ4n) is 3.93. The summed E-state index contributed by atoms with van der Waals surface area (Å²) in [6.45, 7) is 2.97. The molecule has 3 amide bonds. The smallest absolute Gasteiger partial charge is 0.345 e. The molecule has 2 fully saturated rings. The Bertz CT molecular complexity index is 709. The number of fused-ring (bicyclic) bond motifs is 2. The van der Waals surface area contributed by atoms with Crippen LogP contribution in [0.3, 0.4) is 0 Å². The number of carbonyl (C=O) groups excluding carboxylic acids is 3. The van der Waals surface area contributed by atoms with Gasteiger partial charge in [-0.1, -0.05) is 56.5 Å². The average molecular weight is 402 g/mol. The molecule has 2 aliphatic heterocycles. The van der Waals surface area contributed by atoms with Crippen molar-refractivity contribution in [2.75, 3.05) is 13.1 Å². The van der Waals surface area contributed by atoms with E-state index in [-0.39, 0.29) is 30.3 Å². The van der Waals surface area contributed by atoms with Crippen LogP contribution < -0.4 is 5.32 Å². The molecule has 1 aromatic rings. The number of hydroxylamine groups is 2. The summed E-state index contributed by atoms with van der Waals surface area (Å²) in [6, 6.07) is 8.85. The monoisotopic (exact) mass is 401 g/mol. The molecule has 0 unspecified atom stereocenters. The lowest BCUT2D eigenvalue weighted by Crippen LogP contribution is -2.50. The highest BCUT2D eigenvalue weighted by molar-refractivity contribution is 5.91. The maximum atomic E-state index is 12.7. The number of hydrogen-bond acceptors (Lipinski definition) is 4. The third kappa shape index (κ3) is 5.56. The maximum absolute atomic E-state index is 12.7. The van der Waals surface area contributed by atoms with E-state index in [4.69, 9.17) is 4.84 Å². The van der Waals surface area contributed by atoms with Crippen molar-refractivity contribution in [1.82, 2.24) is 15.3 Å². The zero-order chi connectivity index (χ0) is 20.6. The van der Waals surface area contributed by atoms with E-state index < -0.39 is 6.04 Å². The maximum Gasteiger partial charge on any atom is 0.345 e. The van der Waals surface area contributed by atoms with Gasteiger partial charge in [0.25, 0.3) is 0 Å². The van der Waals surface area contributed by atoms with Crippen molar-refractivity contribution < 1.29 is 19.2 Å². The lowest BCUT2D eigenvalue weighted by atomic mass is 10.00. The minimum atomic E-state index is -0.531. The van der Waals surface area contributed by atoms with Gasteiger partial charge in [0.2, 0.25) is 5.91 Å². The highest BCUT2D eigenvalue weighted by atomic mass is 16.7. The van der Waals surface area contributed by atoms with Gasteiger partial charge < -0.3 is 10.2 Å². The Hall–Kier alpha value is -2.41. The lowest BCUT2D eigenvalue weighted by molar-refractivity contribution is -0.140. The predicted molar refractivity (Wildman–Crippen MR) is 109 cm³/mol. The summed E-state index contributed by atoms with van der Waals surface area (Å²) in [5, 5.41) is 4.14. The van der Waals surface area contributed by atoms with Crippen LogP contribution in [0.2, 0.25) is 0 Å². The Morgan fingerprint density at radius 1 is 1.14 bits per heavy atom. The van der Waals surface area contributed by atoms with Crippen molar-refractivity contribution >= 4 is 17.7 Å². The molecule has 0 saturated carbocycles. The van der Waals surface area contributed by atoms with E-state index in [0.29, 0.717) is 32.4 Å². The van der Waals surface area contributed by atoms with Crippen LogP contribution in [-0.2, 0) is 21.0 Å². The van der Waals surface area contributed by atoms with Crippen LogP contribution in [0.1, 0.15) is 57.4 Å². The first-order valence-electron chi connectivity index (χ1n) is 10.7. The Labute approximate surface area is 172 Å². The summed E-state index contributed by atoms with van der Waals surface area (Å²) in [5.74, 6) is -0.202. The Morgan fingerprint density at radius 2 is 1.93 bits per heavy atom. The number of hydrogen-bond donors (Lipinski definition) is 1. The van der Waals surface area contributed by atoms with Gasteiger partial charge in [-0.2, -0.15) is 5.06 Å². The predicted octanol–water partition coefficient (Wildman–Crippen LogP) is 3.04. The van der Waals surface area contributed by atoms with E-state index in [2.05, 4.69) is 12.2 Å². The molecular weight excluding hydrogens is 370 g/mol. The second-order valence-electron chi connectivity index (χ2n) is 7.83. The number of benzene rings is 1. The topological polar surface area (TPSA) is 79.0 Å². The van der Waals surface area contributed by atoms with Gasteiger partial charge in [0, 0.05) is 13.0 Å². The summed E-state index contributed by atoms with van der Waals surface area (Å²) >= 11 is 0. The van der Waals surface area contributed by atoms with Crippen LogP contribution >= 0.6 is 0 Å². The molecule has 0 radical (unpaired) electrons. The first kappa shape index (κ1) is 21.3. The van der Waals surface area contributed by atoms with Crippen LogP contribution in [0.4, 0.5) is 4.79 Å². The summed E-state index contributed by atoms with van der Waals surface area (Å²) in [5.41, 5.74) is 0.989. The molecule has 2 aliphatic rings. The number of unbranched alkanes of at least 4 members (excludes halogenated alkanes) is 3. The second-order valence-corrected chi connectivity index (χ2v) is 7.83. The van der Waals surface area contributed by atoms with E-state index in [1.54, 1.807) is 4.90 Å². The van der Waals surface area contributed by atoms with E-state index in [0.717, 1.165) is 31.2 Å². The Morgan fingerprint density at radius 3 is 2.69 bits per heavy atom. The summed E-state index contributed by atoms with van der Waals surface area (Å²) < 4.78 is 0. The van der Waals surface area contributed by atoms with Crippen LogP contribution in [0.5, 0.6) is 0 Å². The third-order valence-electron chi connectivity index (χ3n) is 5.61. The highest BCUT2D eigenvalue weighted by Gasteiger charge is 2.47. The van der Waals surface area contributed by atoms with Crippen molar-refractivity contribution in [2.45, 2.75) is 70.6 Å². The Balaban J connectivity index is 1.46. The van der Waals surface area contributed by atoms with Gasteiger partial charge in [0.05, 0.1) is 12.6 Å². The number of rotatable bonds is 11. The quantitative estimate of drug-likeness (QED) is 0.578. The van der Waals surface area contributed by atoms with Gasteiger partial charge in [-0.05, 0) is 24.8 Å². The van der Waals surface area contributed by atoms with Crippen molar-refractivity contribution in [1.29, 1.82) is 0 Å². The van der Waals surface area contributed by atoms with Gasteiger partial charge in [0.1, 0.15) is 12.6 Å². The lowest BCUT2D eigenvalue weighted by Gasteiger charge is -2.29. The molecule has 1 aromatic carbocycles. The number of ketones is 1. The molecule has 2 bridgehead atoms. The van der Waals surface area contributed by atoms with Crippen molar-refractivity contribution in [3.05, 3.63) is 35.9 Å². The van der Waals surface area contributed by atoms with Crippen LogP contribution in [0.25, 0.3) is 0 Å². The third-order valence-corrected chi connectivity index (χ3v) is 5.61. The molecule has 29 heavy (non-hydrogen) atoms. The number of carbonyl (C=O) groups is 3. The Kier molecular flexibility index (Phi) is 7.63. The first-order chi connectivity index (χ1) is 14.1. The van der Waals surface area contributed by atoms with Gasteiger partial charge in [-0.15, -0.1) is 0 Å². The van der Waals surface area contributed by atoms with Crippen molar-refractivity contribution in [2.24, 2.45) is 0 Å². The number of urea groups is 1. The minimum absolute atomic E-state index is 0.0320. The van der Waals surface area contributed by atoms with E-state index in [1.165, 1.54) is 5.06 Å². The van der Waals surface area contributed by atoms with Crippen molar-refractivity contribution in [3.63, 3.8) is 0 Å². The number of piperidine rings is 1. The summed E-state index contributed by atoms with van der Waals surface area (Å²) in [4.78, 5) is 44.6. The average Bonchev–Trinajstić information content (AvgIpc) is 2.98. The zero-order valence-corrected chi connectivity index (χ0v) is 17.1. The molecule has 2 atom stereocenters. The highest BCUT2D eigenvalue weighted by Crippen LogP contribution is 2.30. The van der Waals surface area contributed by atoms with E-state index >= 15 is 0 Å². The SMILES string of the molecule is CCCCCCC(=O)CNC(=O)[C@@H]1CC[C@@H]2CN1C(=O)N2OCc1ccccc1. The molecule has 7 heteroatoms. The van der Waals surface area contributed by atoms with Gasteiger partial charge in [-0.3, -0.25) is 14.4 Å². The molecule has 7 nitrogen and oxygen atoms in total. The molecule has 2 saturated heterocycles. The van der Waals surface area contributed by atoms with Crippen LogP contribution in [0.15, 0.2) is 30.3 Å². The first-order valence-corrected chi connectivity index (χ1v) is 10.7. The number of nitrogens with one attached hydrogen (secondary N) is 1. The van der Waals surface area contributed by atoms with E-state index in [1.807, 2.05) is 30.3 Å². The normalized spacial score (nSPS) is 20.8. The largest absolute Gasteiger partial charge is 0.347 e. The zero-order valence-electron chi connectivity index (χ0n) is 17.1.